The van der Waals surface area contributed by atoms with Crippen LogP contribution in [0.2, 0.25) is 4.34 Å². The predicted molar refractivity (Wildman–Crippen MR) is 79.1 cm³/mol. The standard InChI is InChI=1S/C14H11ClN2O2S/c15-12-6-5-11(20-12)14(19)17-7-9-3-1-2-4-10(9)16-13(18)8-17/h1-6H,7-8H2,(H,16,18). The number of halogens is 1. The highest BCUT2D eigenvalue weighted by Gasteiger charge is 2.24. The van der Waals surface area contributed by atoms with Crippen molar-refractivity contribution in [1.29, 1.82) is 0 Å². The Morgan fingerprint density at radius 1 is 1.20 bits per heavy atom. The maximum atomic E-state index is 12.4. The number of nitrogens with zero attached hydrogens (tertiary/aromatic N) is 1. The van der Waals surface area contributed by atoms with Crippen molar-refractivity contribution in [3.05, 3.63) is 51.2 Å². The molecule has 1 aromatic carbocycles. The van der Waals surface area contributed by atoms with Crippen molar-refractivity contribution in [3.8, 4) is 0 Å². The number of rotatable bonds is 1. The highest BCUT2D eigenvalue weighted by Crippen LogP contribution is 2.25. The van der Waals surface area contributed by atoms with E-state index in [1.165, 1.54) is 16.2 Å². The second-order valence-electron chi connectivity index (χ2n) is 4.47. The van der Waals surface area contributed by atoms with Crippen LogP contribution in [0.3, 0.4) is 0 Å². The molecule has 6 heteroatoms. The molecule has 3 rings (SSSR count). The largest absolute Gasteiger partial charge is 0.324 e. The summed E-state index contributed by atoms with van der Waals surface area (Å²) in [6.45, 7) is 0.451. The van der Waals surface area contributed by atoms with Gasteiger partial charge in [-0.3, -0.25) is 9.59 Å². The van der Waals surface area contributed by atoms with Gasteiger partial charge in [0.2, 0.25) is 5.91 Å². The van der Waals surface area contributed by atoms with E-state index in [4.69, 9.17) is 11.6 Å². The summed E-state index contributed by atoms with van der Waals surface area (Å²) < 4.78 is 0.563. The minimum Gasteiger partial charge on any atom is -0.324 e. The maximum Gasteiger partial charge on any atom is 0.264 e. The van der Waals surface area contributed by atoms with E-state index in [1.54, 1.807) is 12.1 Å². The summed E-state index contributed by atoms with van der Waals surface area (Å²) >= 11 is 7.08. The Labute approximate surface area is 125 Å². The predicted octanol–water partition coefficient (Wildman–Crippen LogP) is 3.00. The van der Waals surface area contributed by atoms with Crippen molar-refractivity contribution in [2.24, 2.45) is 0 Å². The lowest BCUT2D eigenvalue weighted by Crippen LogP contribution is -2.34. The fourth-order valence-electron chi connectivity index (χ4n) is 2.13. The first-order valence-electron chi connectivity index (χ1n) is 6.06. The van der Waals surface area contributed by atoms with E-state index in [2.05, 4.69) is 5.32 Å². The number of hydrogen-bond acceptors (Lipinski definition) is 3. The van der Waals surface area contributed by atoms with E-state index in [0.717, 1.165) is 11.3 Å². The molecule has 1 aromatic heterocycles. The monoisotopic (exact) mass is 306 g/mol. The van der Waals surface area contributed by atoms with Crippen LogP contribution < -0.4 is 5.32 Å². The van der Waals surface area contributed by atoms with Gasteiger partial charge in [-0.05, 0) is 23.8 Å². The van der Waals surface area contributed by atoms with E-state index in [9.17, 15) is 9.59 Å². The smallest absolute Gasteiger partial charge is 0.264 e. The quantitative estimate of drug-likeness (QED) is 0.880. The number of nitrogens with one attached hydrogen (secondary N) is 1. The molecule has 20 heavy (non-hydrogen) atoms. The third-order valence-corrected chi connectivity index (χ3v) is 4.28. The lowest BCUT2D eigenvalue weighted by Gasteiger charge is -2.18. The molecule has 1 N–H and O–H groups in total. The zero-order valence-electron chi connectivity index (χ0n) is 10.4. The highest BCUT2D eigenvalue weighted by molar-refractivity contribution is 7.17. The van der Waals surface area contributed by atoms with Gasteiger partial charge in [0.15, 0.2) is 0 Å². The summed E-state index contributed by atoms with van der Waals surface area (Å²) in [4.78, 5) is 26.4. The molecular weight excluding hydrogens is 296 g/mol. The molecule has 0 bridgehead atoms. The van der Waals surface area contributed by atoms with Gasteiger partial charge in [-0.25, -0.2) is 0 Å². The molecule has 1 aliphatic rings. The molecule has 0 atom stereocenters. The van der Waals surface area contributed by atoms with Crippen LogP contribution in [-0.2, 0) is 11.3 Å². The van der Waals surface area contributed by atoms with Crippen LogP contribution in [-0.4, -0.2) is 23.3 Å². The van der Waals surface area contributed by atoms with Gasteiger partial charge in [0.05, 0.1) is 9.21 Å². The molecular formula is C14H11ClN2O2S. The normalized spacial score (nSPS) is 14.4. The molecule has 2 aromatic rings. The van der Waals surface area contributed by atoms with Gasteiger partial charge in [0.1, 0.15) is 6.54 Å². The molecule has 0 fully saturated rings. The average molecular weight is 307 g/mol. The van der Waals surface area contributed by atoms with Gasteiger partial charge in [0.25, 0.3) is 5.91 Å². The van der Waals surface area contributed by atoms with Crippen molar-refractivity contribution in [2.45, 2.75) is 6.54 Å². The SMILES string of the molecule is O=C1CN(C(=O)c2ccc(Cl)s2)Cc2ccccc2N1. The second-order valence-corrected chi connectivity index (χ2v) is 6.19. The molecule has 2 heterocycles. The molecule has 0 saturated heterocycles. The Bertz CT molecular complexity index is 683. The summed E-state index contributed by atoms with van der Waals surface area (Å²) in [5, 5.41) is 2.81. The van der Waals surface area contributed by atoms with Gasteiger partial charge >= 0.3 is 0 Å². The zero-order valence-corrected chi connectivity index (χ0v) is 12.0. The van der Waals surface area contributed by atoms with E-state index < -0.39 is 0 Å². The number of para-hydroxylation sites is 1. The molecule has 0 saturated carbocycles. The first-order chi connectivity index (χ1) is 9.63. The second kappa shape index (κ2) is 5.26. The van der Waals surface area contributed by atoms with E-state index in [-0.39, 0.29) is 18.4 Å². The number of amides is 2. The van der Waals surface area contributed by atoms with Crippen molar-refractivity contribution in [3.63, 3.8) is 0 Å². The first kappa shape index (κ1) is 13.1. The van der Waals surface area contributed by atoms with E-state index >= 15 is 0 Å². The number of fused-ring (bicyclic) bond motifs is 1. The summed E-state index contributed by atoms with van der Waals surface area (Å²) in [6.07, 6.45) is 0. The molecule has 0 radical (unpaired) electrons. The minimum atomic E-state index is -0.189. The van der Waals surface area contributed by atoms with Crippen molar-refractivity contribution in [1.82, 2.24) is 4.90 Å². The number of thiophene rings is 1. The fourth-order valence-corrected chi connectivity index (χ4v) is 3.14. The number of anilines is 1. The lowest BCUT2D eigenvalue weighted by molar-refractivity contribution is -0.116. The lowest BCUT2D eigenvalue weighted by atomic mass is 10.1. The summed E-state index contributed by atoms with van der Waals surface area (Å²) in [5.74, 6) is -0.361. The van der Waals surface area contributed by atoms with Crippen LogP contribution in [0.25, 0.3) is 0 Å². The van der Waals surface area contributed by atoms with Crippen LogP contribution in [0, 0.1) is 0 Å². The first-order valence-corrected chi connectivity index (χ1v) is 7.25. The van der Waals surface area contributed by atoms with Gasteiger partial charge < -0.3 is 10.2 Å². The highest BCUT2D eigenvalue weighted by atomic mass is 35.5. The molecule has 102 valence electrons. The van der Waals surface area contributed by atoms with Crippen molar-refractivity contribution in [2.75, 3.05) is 11.9 Å². The third-order valence-electron chi connectivity index (χ3n) is 3.06. The maximum absolute atomic E-state index is 12.4. The molecule has 2 amide bonds. The Kier molecular flexibility index (Phi) is 3.46. The molecule has 0 aliphatic carbocycles. The average Bonchev–Trinajstić information content (AvgIpc) is 2.77. The topological polar surface area (TPSA) is 49.4 Å². The van der Waals surface area contributed by atoms with Crippen LogP contribution in [0.15, 0.2) is 36.4 Å². The van der Waals surface area contributed by atoms with Crippen LogP contribution >= 0.6 is 22.9 Å². The number of carbonyl (C=O) groups excluding carboxylic acids is 2. The molecule has 0 spiro atoms. The van der Waals surface area contributed by atoms with Gasteiger partial charge in [-0.2, -0.15) is 0 Å². The number of benzene rings is 1. The van der Waals surface area contributed by atoms with E-state index in [0.29, 0.717) is 15.8 Å². The minimum absolute atomic E-state index is 0.0447. The Morgan fingerprint density at radius 2 is 2.00 bits per heavy atom. The van der Waals surface area contributed by atoms with Crippen molar-refractivity contribution < 1.29 is 9.59 Å². The Balaban J connectivity index is 1.91. The number of carbonyl (C=O) groups is 2. The van der Waals surface area contributed by atoms with Gasteiger partial charge in [0, 0.05) is 12.2 Å². The zero-order chi connectivity index (χ0) is 14.1. The van der Waals surface area contributed by atoms with Crippen LogP contribution in [0.5, 0.6) is 0 Å². The third kappa shape index (κ3) is 2.55. The molecule has 4 nitrogen and oxygen atoms in total. The van der Waals surface area contributed by atoms with Crippen LogP contribution in [0.1, 0.15) is 15.2 Å². The summed E-state index contributed by atoms with van der Waals surface area (Å²) in [6, 6.07) is 10.9. The van der Waals surface area contributed by atoms with Crippen LogP contribution in [0.4, 0.5) is 5.69 Å². The molecule has 0 unspecified atom stereocenters. The van der Waals surface area contributed by atoms with Gasteiger partial charge in [-0.1, -0.05) is 29.8 Å². The summed E-state index contributed by atoms with van der Waals surface area (Å²) in [7, 11) is 0. The summed E-state index contributed by atoms with van der Waals surface area (Å²) in [5.41, 5.74) is 1.69. The van der Waals surface area contributed by atoms with Gasteiger partial charge in [-0.15, -0.1) is 11.3 Å². The molecule has 1 aliphatic heterocycles. The van der Waals surface area contributed by atoms with Crippen molar-refractivity contribution >= 4 is 40.4 Å². The Hall–Kier alpha value is -1.85. The Morgan fingerprint density at radius 3 is 2.75 bits per heavy atom. The number of hydrogen-bond donors (Lipinski definition) is 1. The fraction of sp³-hybridized carbons (Fsp3) is 0.143. The van der Waals surface area contributed by atoms with E-state index in [1.807, 2.05) is 24.3 Å².